The molecule has 11 heteroatoms. The van der Waals surface area contributed by atoms with Gasteiger partial charge in [-0.25, -0.2) is 4.39 Å². The molecule has 0 saturated carbocycles. The maximum absolute atomic E-state index is 13.5. The second-order valence-corrected chi connectivity index (χ2v) is 11.7. The first kappa shape index (κ1) is 34.4. The number of hydrogen-bond donors (Lipinski definition) is 1. The van der Waals surface area contributed by atoms with Gasteiger partial charge in [-0.3, -0.25) is 14.5 Å². The predicted octanol–water partition coefficient (Wildman–Crippen LogP) is 6.39. The number of hydrogen-bond acceptors (Lipinski definition) is 6. The highest BCUT2D eigenvalue weighted by Crippen LogP contribution is 2.31. The van der Waals surface area contributed by atoms with Crippen LogP contribution in [-0.4, -0.2) is 50.7 Å². The van der Waals surface area contributed by atoms with Gasteiger partial charge in [-0.2, -0.15) is 23.2 Å². The molecule has 0 bridgehead atoms. The van der Waals surface area contributed by atoms with E-state index in [0.29, 0.717) is 42.6 Å². The Balaban J connectivity index is 1.37. The molecule has 250 valence electrons. The Morgan fingerprint density at radius 2 is 1.51 bits per heavy atom. The van der Waals surface area contributed by atoms with Crippen molar-refractivity contribution in [2.24, 2.45) is 0 Å². The molecule has 7 nitrogen and oxygen atoms in total. The van der Waals surface area contributed by atoms with Crippen LogP contribution in [-0.2, 0) is 49.8 Å². The first-order chi connectivity index (χ1) is 22.5. The smallest absolute Gasteiger partial charge is 0.374 e. The maximum Gasteiger partial charge on any atom is 0.416 e. The van der Waals surface area contributed by atoms with Crippen LogP contribution in [0.1, 0.15) is 54.0 Å². The van der Waals surface area contributed by atoms with Crippen LogP contribution in [0.5, 0.6) is 0 Å². The molecule has 0 amide bonds. The zero-order valence-electron chi connectivity index (χ0n) is 26.6. The van der Waals surface area contributed by atoms with E-state index < -0.39 is 18.0 Å². The van der Waals surface area contributed by atoms with Crippen molar-refractivity contribution in [3.8, 4) is 11.1 Å². The minimum absolute atomic E-state index is 0.121. The highest BCUT2D eigenvalue weighted by atomic mass is 19.4. The van der Waals surface area contributed by atoms with Gasteiger partial charge < -0.3 is 9.67 Å². The van der Waals surface area contributed by atoms with Crippen LogP contribution in [0.3, 0.4) is 0 Å². The fourth-order valence-corrected chi connectivity index (χ4v) is 5.86. The molecule has 4 aromatic rings. The van der Waals surface area contributed by atoms with Crippen molar-refractivity contribution in [3.05, 3.63) is 123 Å². The Kier molecular flexibility index (Phi) is 11.2. The van der Waals surface area contributed by atoms with E-state index in [1.807, 2.05) is 42.7 Å². The summed E-state index contributed by atoms with van der Waals surface area (Å²) in [5.41, 5.74) is 3.79. The lowest BCUT2D eigenvalue weighted by Crippen LogP contribution is -2.42. The molecular weight excluding hydrogens is 612 g/mol. The third-order valence-electron chi connectivity index (χ3n) is 8.68. The van der Waals surface area contributed by atoms with Crippen molar-refractivity contribution < 1.29 is 27.5 Å². The Labute approximate surface area is 272 Å². The average Bonchev–Trinajstić information content (AvgIpc) is 3.57. The number of aliphatic hydroxyl groups is 1. The molecule has 0 radical (unpaired) electrons. The van der Waals surface area contributed by atoms with Crippen molar-refractivity contribution in [1.29, 1.82) is 0 Å². The number of rotatable bonds is 14. The second kappa shape index (κ2) is 15.3. The van der Waals surface area contributed by atoms with Crippen molar-refractivity contribution in [3.63, 3.8) is 0 Å². The summed E-state index contributed by atoms with van der Waals surface area (Å²) in [6, 6.07) is 18.7. The van der Waals surface area contributed by atoms with Gasteiger partial charge in [0.1, 0.15) is 24.6 Å². The van der Waals surface area contributed by atoms with E-state index in [1.165, 1.54) is 29.3 Å². The summed E-state index contributed by atoms with van der Waals surface area (Å²) in [4.78, 5) is 25.6. The Bertz CT molecular complexity index is 1670. The molecule has 1 atom stereocenters. The maximum atomic E-state index is 13.5. The molecule has 1 N–H and O–H groups in total. The summed E-state index contributed by atoms with van der Waals surface area (Å²) in [5.74, 6) is 0.243. The highest BCUT2D eigenvalue weighted by Gasteiger charge is 2.30. The quantitative estimate of drug-likeness (QED) is 0.0967. The SMILES string of the molecule is CCN(CC)CON(Cc1ccc(-c2ccc(C(F)(F)F)cc2)cc1)C(O)Cn1c(CCc2ccc(F)cc2)nc(=O)c2c1CCC2. The molecule has 47 heavy (non-hydrogen) atoms. The van der Waals surface area contributed by atoms with E-state index in [9.17, 15) is 27.5 Å². The van der Waals surface area contributed by atoms with Crippen LogP contribution in [0.25, 0.3) is 11.1 Å². The lowest BCUT2D eigenvalue weighted by Gasteiger charge is -2.31. The van der Waals surface area contributed by atoms with Crippen LogP contribution >= 0.6 is 0 Å². The fourth-order valence-electron chi connectivity index (χ4n) is 5.86. The van der Waals surface area contributed by atoms with Gasteiger partial charge in [0.2, 0.25) is 0 Å². The lowest BCUT2D eigenvalue weighted by molar-refractivity contribution is -0.267. The zero-order valence-corrected chi connectivity index (χ0v) is 26.6. The van der Waals surface area contributed by atoms with Crippen molar-refractivity contribution in [2.75, 3.05) is 19.8 Å². The predicted molar refractivity (Wildman–Crippen MR) is 172 cm³/mol. The van der Waals surface area contributed by atoms with Gasteiger partial charge in [0.15, 0.2) is 0 Å². The lowest BCUT2D eigenvalue weighted by atomic mass is 10.0. The third-order valence-corrected chi connectivity index (χ3v) is 8.68. The number of aliphatic hydroxyl groups excluding tert-OH is 1. The number of halogens is 4. The van der Waals surface area contributed by atoms with E-state index in [1.54, 1.807) is 12.1 Å². The molecule has 0 aliphatic heterocycles. The van der Waals surface area contributed by atoms with Crippen LogP contribution in [0, 0.1) is 5.82 Å². The Morgan fingerprint density at radius 3 is 2.13 bits per heavy atom. The summed E-state index contributed by atoms with van der Waals surface area (Å²) in [7, 11) is 0. The van der Waals surface area contributed by atoms with Crippen molar-refractivity contribution in [2.45, 2.75) is 71.4 Å². The van der Waals surface area contributed by atoms with E-state index in [0.717, 1.165) is 54.0 Å². The summed E-state index contributed by atoms with van der Waals surface area (Å²) in [6.07, 6.45) is -2.33. The van der Waals surface area contributed by atoms with Crippen molar-refractivity contribution >= 4 is 0 Å². The molecule has 3 aromatic carbocycles. The van der Waals surface area contributed by atoms with Crippen LogP contribution < -0.4 is 5.56 Å². The second-order valence-electron chi connectivity index (χ2n) is 11.7. The minimum atomic E-state index is -4.40. The molecule has 1 aliphatic carbocycles. The molecule has 1 aliphatic rings. The number of benzene rings is 3. The van der Waals surface area contributed by atoms with Crippen LogP contribution in [0.15, 0.2) is 77.6 Å². The third kappa shape index (κ3) is 8.72. The van der Waals surface area contributed by atoms with E-state index in [4.69, 9.17) is 4.84 Å². The van der Waals surface area contributed by atoms with Gasteiger partial charge in [0, 0.05) is 17.7 Å². The molecule has 5 rings (SSSR count). The number of hydroxylamine groups is 2. The summed E-state index contributed by atoms with van der Waals surface area (Å²) in [6.45, 7) is 6.17. The molecule has 1 aromatic heterocycles. The Hall–Kier alpha value is -3.90. The van der Waals surface area contributed by atoms with Crippen LogP contribution in [0.4, 0.5) is 17.6 Å². The minimum Gasteiger partial charge on any atom is -0.374 e. The monoisotopic (exact) mass is 652 g/mol. The van der Waals surface area contributed by atoms with Crippen molar-refractivity contribution in [1.82, 2.24) is 19.5 Å². The molecule has 0 spiro atoms. The topological polar surface area (TPSA) is 70.8 Å². The summed E-state index contributed by atoms with van der Waals surface area (Å²) >= 11 is 0. The van der Waals surface area contributed by atoms with Gasteiger partial charge in [-0.15, -0.1) is 0 Å². The van der Waals surface area contributed by atoms with Crippen LogP contribution in [0.2, 0.25) is 0 Å². The highest BCUT2D eigenvalue weighted by molar-refractivity contribution is 5.64. The van der Waals surface area contributed by atoms with E-state index >= 15 is 0 Å². The molecule has 0 saturated heterocycles. The zero-order chi connectivity index (χ0) is 33.6. The standard InChI is InChI=1S/C36H40F4N4O3/c1-3-42(4-2)24-47-44(22-26-8-13-27(14-9-26)28-15-17-29(18-16-28)36(38,39)40)34(45)23-43-32-7-5-6-31(32)35(46)41-33(43)21-12-25-10-19-30(37)20-11-25/h8-11,13-20,34,45H,3-7,12,21-24H2,1-2H3. The van der Waals surface area contributed by atoms with Gasteiger partial charge in [-0.05, 0) is 85.3 Å². The Morgan fingerprint density at radius 1 is 0.894 bits per heavy atom. The largest absolute Gasteiger partial charge is 0.416 e. The fraction of sp³-hybridized carbons (Fsp3) is 0.389. The number of aryl methyl sites for hydroxylation is 2. The molecule has 1 heterocycles. The average molecular weight is 653 g/mol. The molecule has 0 fully saturated rings. The summed E-state index contributed by atoms with van der Waals surface area (Å²) in [5, 5.41) is 13.2. The number of aromatic nitrogens is 2. The normalized spacial score (nSPS) is 13.8. The summed E-state index contributed by atoms with van der Waals surface area (Å²) < 4.78 is 54.4. The van der Waals surface area contributed by atoms with E-state index in [-0.39, 0.29) is 31.2 Å². The first-order valence-corrected chi connectivity index (χ1v) is 16.0. The van der Waals surface area contributed by atoms with Gasteiger partial charge >= 0.3 is 6.18 Å². The van der Waals surface area contributed by atoms with Gasteiger partial charge in [0.05, 0.1) is 18.7 Å². The number of nitrogens with zero attached hydrogens (tertiary/aromatic N) is 4. The van der Waals surface area contributed by atoms with Gasteiger partial charge in [-0.1, -0.05) is 62.4 Å². The molecular formula is C36H40F4N4O3. The first-order valence-electron chi connectivity index (χ1n) is 16.0. The number of alkyl halides is 3. The number of fused-ring (bicyclic) bond motifs is 1. The van der Waals surface area contributed by atoms with Gasteiger partial charge in [0.25, 0.3) is 5.56 Å². The molecule has 1 unspecified atom stereocenters. The van der Waals surface area contributed by atoms with E-state index in [2.05, 4.69) is 9.88 Å².